The number of anilines is 1. The normalized spacial score (nSPS) is 17.7. The number of alkyl halides is 1. The zero-order valence-corrected chi connectivity index (χ0v) is 12.5. The first-order chi connectivity index (χ1) is 10.8. The van der Waals surface area contributed by atoms with Gasteiger partial charge in [-0.1, -0.05) is 0 Å². The molecule has 0 aliphatic carbocycles. The molecular weight excluding hydrogens is 285 g/mol. The maximum Gasteiger partial charge on any atom is 0.139 e. The van der Waals surface area contributed by atoms with Crippen molar-refractivity contribution in [1.82, 2.24) is 10.3 Å². The number of halogens is 1. The van der Waals surface area contributed by atoms with Crippen molar-refractivity contribution in [1.29, 1.82) is 5.53 Å². The van der Waals surface area contributed by atoms with Crippen LogP contribution in [0.15, 0.2) is 35.5 Å². The van der Waals surface area contributed by atoms with Crippen molar-refractivity contribution < 1.29 is 9.13 Å². The highest BCUT2D eigenvalue weighted by Gasteiger charge is 2.16. The number of hydrogen-bond donors (Lipinski definition) is 3. The highest BCUT2D eigenvalue weighted by molar-refractivity contribution is 5.47. The highest BCUT2D eigenvalue weighted by Crippen LogP contribution is 2.17. The molecule has 6 nitrogen and oxygen atoms in total. The molecule has 0 amide bonds. The summed E-state index contributed by atoms with van der Waals surface area (Å²) >= 11 is 0. The van der Waals surface area contributed by atoms with Crippen LogP contribution in [0.25, 0.3) is 0 Å². The summed E-state index contributed by atoms with van der Waals surface area (Å²) in [5.41, 5.74) is 8.47. The van der Waals surface area contributed by atoms with E-state index in [0.717, 1.165) is 18.7 Å². The molecule has 0 bridgehead atoms. The second-order valence-electron chi connectivity index (χ2n) is 5.20. The van der Waals surface area contributed by atoms with Crippen molar-refractivity contribution in [2.24, 2.45) is 5.11 Å². The van der Waals surface area contributed by atoms with Crippen LogP contribution in [0.1, 0.15) is 25.7 Å². The van der Waals surface area contributed by atoms with Gasteiger partial charge in [-0.25, -0.2) is 5.53 Å². The van der Waals surface area contributed by atoms with Crippen molar-refractivity contribution in [3.8, 4) is 5.75 Å². The van der Waals surface area contributed by atoms with E-state index in [2.05, 4.69) is 20.7 Å². The van der Waals surface area contributed by atoms with Crippen LogP contribution < -0.4 is 15.4 Å². The lowest BCUT2D eigenvalue weighted by Crippen LogP contribution is -2.46. The standard InChI is InChI=1S/C15H22FN5O/c16-5-2-1-3-12(21-17)9-20-14-7-15(10-18-8-14)22-11-13-4-6-19-13/h7-10,13,17,19-20H,1-6,11H2/b12-9-,21-17?/t13-/m0/s1. The van der Waals surface area contributed by atoms with Crippen LogP contribution in [0.4, 0.5) is 10.1 Å². The molecule has 2 heterocycles. The predicted molar refractivity (Wildman–Crippen MR) is 82.8 cm³/mol. The quantitative estimate of drug-likeness (QED) is 0.458. The number of unbranched alkanes of at least 4 members (excludes halogenated alkanes) is 1. The molecule has 2 rings (SSSR count). The van der Waals surface area contributed by atoms with Crippen LogP contribution in [-0.4, -0.2) is 30.9 Å². The first kappa shape index (κ1) is 16.4. The molecule has 1 aromatic rings. The zero-order chi connectivity index (χ0) is 15.6. The summed E-state index contributed by atoms with van der Waals surface area (Å²) in [7, 11) is 0. The molecule has 1 atom stereocenters. The summed E-state index contributed by atoms with van der Waals surface area (Å²) in [5, 5.41) is 9.76. The van der Waals surface area contributed by atoms with E-state index in [9.17, 15) is 4.39 Å². The Balaban J connectivity index is 1.83. The number of ether oxygens (including phenoxy) is 1. The van der Waals surface area contributed by atoms with Crippen LogP contribution in [-0.2, 0) is 0 Å². The molecule has 22 heavy (non-hydrogen) atoms. The van der Waals surface area contributed by atoms with E-state index in [1.54, 1.807) is 18.6 Å². The van der Waals surface area contributed by atoms with Gasteiger partial charge in [-0.3, -0.25) is 9.37 Å². The van der Waals surface area contributed by atoms with Gasteiger partial charge in [0.2, 0.25) is 0 Å². The minimum absolute atomic E-state index is 0.335. The molecule has 0 aromatic carbocycles. The molecule has 1 aliphatic heterocycles. The van der Waals surface area contributed by atoms with Gasteiger partial charge >= 0.3 is 0 Å². The maximum atomic E-state index is 12.1. The molecule has 1 saturated heterocycles. The molecule has 0 radical (unpaired) electrons. The number of nitrogens with zero attached hydrogens (tertiary/aromatic N) is 2. The number of rotatable bonds is 10. The summed E-state index contributed by atoms with van der Waals surface area (Å²) < 4.78 is 17.7. The molecule has 3 N–H and O–H groups in total. The van der Waals surface area contributed by atoms with Crippen molar-refractivity contribution in [3.05, 3.63) is 30.4 Å². The van der Waals surface area contributed by atoms with E-state index in [0.29, 0.717) is 43.4 Å². The first-order valence-electron chi connectivity index (χ1n) is 7.52. The second-order valence-corrected chi connectivity index (χ2v) is 5.20. The number of pyridine rings is 1. The number of hydrogen-bond acceptors (Lipinski definition) is 6. The Morgan fingerprint density at radius 2 is 2.41 bits per heavy atom. The van der Waals surface area contributed by atoms with Crippen LogP contribution >= 0.6 is 0 Å². The van der Waals surface area contributed by atoms with Gasteiger partial charge in [-0.15, -0.1) is 0 Å². The van der Waals surface area contributed by atoms with Gasteiger partial charge in [-0.05, 0) is 32.2 Å². The molecule has 1 fully saturated rings. The lowest BCUT2D eigenvalue weighted by molar-refractivity contribution is 0.217. The fourth-order valence-electron chi connectivity index (χ4n) is 1.99. The lowest BCUT2D eigenvalue weighted by Gasteiger charge is -2.27. The monoisotopic (exact) mass is 307 g/mol. The fraction of sp³-hybridized carbons (Fsp3) is 0.533. The third kappa shape index (κ3) is 5.40. The van der Waals surface area contributed by atoms with Crippen molar-refractivity contribution in [3.63, 3.8) is 0 Å². The van der Waals surface area contributed by atoms with Crippen LogP contribution in [0.3, 0.4) is 0 Å². The molecular formula is C15H22FN5O. The van der Waals surface area contributed by atoms with Gasteiger partial charge in [-0.2, -0.15) is 5.11 Å². The van der Waals surface area contributed by atoms with E-state index in [-0.39, 0.29) is 6.67 Å². The average Bonchev–Trinajstić information content (AvgIpc) is 2.50. The topological polar surface area (TPSA) is 82.4 Å². The third-order valence-electron chi connectivity index (χ3n) is 3.46. The molecule has 120 valence electrons. The largest absolute Gasteiger partial charge is 0.490 e. The summed E-state index contributed by atoms with van der Waals surface area (Å²) in [6.45, 7) is 1.36. The van der Waals surface area contributed by atoms with Gasteiger partial charge in [0.05, 0.1) is 30.5 Å². The van der Waals surface area contributed by atoms with Gasteiger partial charge in [0, 0.05) is 18.3 Å². The van der Waals surface area contributed by atoms with E-state index >= 15 is 0 Å². The van der Waals surface area contributed by atoms with Gasteiger partial charge in [0.15, 0.2) is 0 Å². The van der Waals surface area contributed by atoms with Crippen LogP contribution in [0.5, 0.6) is 5.75 Å². The predicted octanol–water partition coefficient (Wildman–Crippen LogP) is 3.25. The smallest absolute Gasteiger partial charge is 0.139 e. The van der Waals surface area contributed by atoms with Gasteiger partial charge < -0.3 is 15.4 Å². The Morgan fingerprint density at radius 1 is 1.55 bits per heavy atom. The highest BCUT2D eigenvalue weighted by atomic mass is 19.1. The van der Waals surface area contributed by atoms with E-state index < -0.39 is 0 Å². The Labute approximate surface area is 129 Å². The van der Waals surface area contributed by atoms with Crippen molar-refractivity contribution in [2.75, 3.05) is 25.1 Å². The second kappa shape index (κ2) is 9.09. The maximum absolute atomic E-state index is 12.1. The molecule has 0 saturated carbocycles. The summed E-state index contributed by atoms with van der Waals surface area (Å²) in [4.78, 5) is 4.12. The van der Waals surface area contributed by atoms with Gasteiger partial charge in [0.1, 0.15) is 12.4 Å². The SMILES string of the molecule is N=N/C(=C\Nc1cncc(OC[C@@H]2CCN2)c1)CCCCF. The number of nitrogens with one attached hydrogen (secondary N) is 3. The van der Waals surface area contributed by atoms with Crippen LogP contribution in [0, 0.1) is 5.53 Å². The Morgan fingerprint density at radius 3 is 3.09 bits per heavy atom. The molecule has 1 aliphatic rings. The number of allylic oxidation sites excluding steroid dienone is 1. The zero-order valence-electron chi connectivity index (χ0n) is 12.5. The average molecular weight is 307 g/mol. The minimum Gasteiger partial charge on any atom is -0.490 e. The minimum atomic E-state index is -0.335. The van der Waals surface area contributed by atoms with E-state index in [1.165, 1.54) is 0 Å². The summed E-state index contributed by atoms with van der Waals surface area (Å²) in [6.07, 6.45) is 7.89. The molecule has 7 heteroatoms. The third-order valence-corrected chi connectivity index (χ3v) is 3.46. The van der Waals surface area contributed by atoms with Crippen LogP contribution in [0.2, 0.25) is 0 Å². The lowest BCUT2D eigenvalue weighted by atomic mass is 10.1. The molecule has 0 unspecified atom stereocenters. The Hall–Kier alpha value is -2.02. The summed E-state index contributed by atoms with van der Waals surface area (Å²) in [6, 6.07) is 2.28. The van der Waals surface area contributed by atoms with E-state index in [1.807, 2.05) is 6.07 Å². The van der Waals surface area contributed by atoms with Crippen molar-refractivity contribution >= 4 is 5.69 Å². The molecule has 1 aromatic heterocycles. The van der Waals surface area contributed by atoms with E-state index in [4.69, 9.17) is 10.3 Å². The fourth-order valence-corrected chi connectivity index (χ4v) is 1.99. The Bertz CT molecular complexity index is 504. The number of aromatic nitrogens is 1. The molecule has 0 spiro atoms. The first-order valence-corrected chi connectivity index (χ1v) is 7.52. The summed E-state index contributed by atoms with van der Waals surface area (Å²) in [5.74, 6) is 0.703. The van der Waals surface area contributed by atoms with Crippen molar-refractivity contribution in [2.45, 2.75) is 31.7 Å². The van der Waals surface area contributed by atoms with Gasteiger partial charge in [0.25, 0.3) is 0 Å². The Kier molecular flexibility index (Phi) is 6.76.